The van der Waals surface area contributed by atoms with Gasteiger partial charge in [0.1, 0.15) is 0 Å². The van der Waals surface area contributed by atoms with Gasteiger partial charge in [-0.15, -0.1) is 11.3 Å². The minimum atomic E-state index is 0.877. The van der Waals surface area contributed by atoms with E-state index in [4.69, 9.17) is 5.73 Å². The van der Waals surface area contributed by atoms with Crippen LogP contribution in [0.3, 0.4) is 0 Å². The van der Waals surface area contributed by atoms with Crippen molar-refractivity contribution >= 4 is 17.0 Å². The third-order valence-electron chi connectivity index (χ3n) is 1.15. The molecule has 0 bridgehead atoms. The summed E-state index contributed by atoms with van der Waals surface area (Å²) in [5.41, 5.74) is 6.42. The van der Waals surface area contributed by atoms with Gasteiger partial charge in [0.25, 0.3) is 0 Å². The molecule has 0 unspecified atom stereocenters. The zero-order chi connectivity index (χ0) is 7.56. The van der Waals surface area contributed by atoms with E-state index >= 15 is 0 Å². The predicted octanol–water partition coefficient (Wildman–Crippen LogP) is 1.39. The van der Waals surface area contributed by atoms with Crippen molar-refractivity contribution in [3.63, 3.8) is 0 Å². The van der Waals surface area contributed by atoms with Gasteiger partial charge in [0.05, 0.1) is 0 Å². The van der Waals surface area contributed by atoms with Crippen molar-refractivity contribution in [2.24, 2.45) is 0 Å². The van der Waals surface area contributed by atoms with Gasteiger partial charge in [-0.05, 0) is 20.2 Å². The maximum Gasteiger partial charge on any atom is 0.0426 e. The second kappa shape index (κ2) is 3.03. The SMILES string of the molecule is CN(C)Cc1cc(N)cs1. The minimum Gasteiger partial charge on any atom is -0.398 e. The van der Waals surface area contributed by atoms with E-state index in [-0.39, 0.29) is 0 Å². The van der Waals surface area contributed by atoms with Crippen LogP contribution >= 0.6 is 11.3 Å². The third-order valence-corrected chi connectivity index (χ3v) is 2.09. The van der Waals surface area contributed by atoms with Gasteiger partial charge in [-0.25, -0.2) is 0 Å². The molecule has 0 aliphatic heterocycles. The van der Waals surface area contributed by atoms with Gasteiger partial charge < -0.3 is 10.6 Å². The van der Waals surface area contributed by atoms with Gasteiger partial charge in [0.15, 0.2) is 0 Å². The highest BCUT2D eigenvalue weighted by Crippen LogP contribution is 2.16. The van der Waals surface area contributed by atoms with Crippen LogP contribution in [-0.4, -0.2) is 19.0 Å². The number of anilines is 1. The Labute approximate surface area is 65.3 Å². The van der Waals surface area contributed by atoms with E-state index in [0.717, 1.165) is 12.2 Å². The van der Waals surface area contributed by atoms with Crippen LogP contribution in [0.15, 0.2) is 11.4 Å². The Bertz CT molecular complexity index is 205. The number of hydrogen-bond donors (Lipinski definition) is 1. The molecule has 1 aromatic rings. The third kappa shape index (κ3) is 2.01. The van der Waals surface area contributed by atoms with Crippen LogP contribution in [0, 0.1) is 0 Å². The molecule has 0 aromatic carbocycles. The average Bonchev–Trinajstić information content (AvgIpc) is 2.13. The lowest BCUT2D eigenvalue weighted by atomic mass is 10.4. The summed E-state index contributed by atoms with van der Waals surface area (Å²) in [5.74, 6) is 0. The van der Waals surface area contributed by atoms with Crippen molar-refractivity contribution in [2.45, 2.75) is 6.54 Å². The smallest absolute Gasteiger partial charge is 0.0426 e. The molecular weight excluding hydrogens is 144 g/mol. The molecule has 0 aliphatic carbocycles. The van der Waals surface area contributed by atoms with E-state index in [1.54, 1.807) is 11.3 Å². The van der Waals surface area contributed by atoms with Gasteiger partial charge in [-0.2, -0.15) is 0 Å². The normalized spacial score (nSPS) is 10.7. The fourth-order valence-electron chi connectivity index (χ4n) is 0.792. The highest BCUT2D eigenvalue weighted by molar-refractivity contribution is 7.10. The average molecular weight is 156 g/mol. The molecule has 0 radical (unpaired) electrons. The molecule has 0 fully saturated rings. The van der Waals surface area contributed by atoms with Crippen molar-refractivity contribution < 1.29 is 0 Å². The largest absolute Gasteiger partial charge is 0.398 e. The minimum absolute atomic E-state index is 0.877. The number of nitrogens with two attached hydrogens (primary N) is 1. The molecule has 0 spiro atoms. The van der Waals surface area contributed by atoms with E-state index in [0.29, 0.717) is 0 Å². The van der Waals surface area contributed by atoms with Crippen LogP contribution in [0.5, 0.6) is 0 Å². The quantitative estimate of drug-likeness (QED) is 0.701. The first-order chi connectivity index (χ1) is 4.68. The van der Waals surface area contributed by atoms with Crippen molar-refractivity contribution in [3.8, 4) is 0 Å². The predicted molar refractivity (Wildman–Crippen MR) is 46.1 cm³/mol. The number of thiophene rings is 1. The topological polar surface area (TPSA) is 29.3 Å². The Morgan fingerprint density at radius 2 is 2.30 bits per heavy atom. The molecule has 2 nitrogen and oxygen atoms in total. The molecule has 56 valence electrons. The zero-order valence-electron chi connectivity index (χ0n) is 6.29. The van der Waals surface area contributed by atoms with Crippen molar-refractivity contribution in [1.29, 1.82) is 0 Å². The Morgan fingerprint density at radius 3 is 2.70 bits per heavy atom. The summed E-state index contributed by atoms with van der Waals surface area (Å²) in [6.45, 7) is 0.988. The van der Waals surface area contributed by atoms with E-state index < -0.39 is 0 Å². The summed E-state index contributed by atoms with van der Waals surface area (Å²) in [6, 6.07) is 2.02. The zero-order valence-corrected chi connectivity index (χ0v) is 7.11. The fraction of sp³-hybridized carbons (Fsp3) is 0.429. The maximum atomic E-state index is 5.55. The Morgan fingerprint density at radius 1 is 1.60 bits per heavy atom. The maximum absolute atomic E-state index is 5.55. The van der Waals surface area contributed by atoms with Crippen LogP contribution in [0.1, 0.15) is 4.88 Å². The fourth-order valence-corrected chi connectivity index (χ4v) is 1.68. The van der Waals surface area contributed by atoms with Gasteiger partial charge >= 0.3 is 0 Å². The molecule has 1 heterocycles. The lowest BCUT2D eigenvalue weighted by Crippen LogP contribution is -2.09. The van der Waals surface area contributed by atoms with E-state index in [1.807, 2.05) is 11.4 Å². The van der Waals surface area contributed by atoms with Crippen molar-refractivity contribution in [2.75, 3.05) is 19.8 Å². The monoisotopic (exact) mass is 156 g/mol. The molecule has 0 atom stereocenters. The van der Waals surface area contributed by atoms with E-state index in [1.165, 1.54) is 4.88 Å². The molecule has 0 aliphatic rings. The highest BCUT2D eigenvalue weighted by atomic mass is 32.1. The number of rotatable bonds is 2. The molecule has 10 heavy (non-hydrogen) atoms. The molecule has 1 aromatic heterocycles. The standard InChI is InChI=1S/C7H12N2S/c1-9(2)4-7-3-6(8)5-10-7/h3,5H,4,8H2,1-2H3. The van der Waals surface area contributed by atoms with Crippen molar-refractivity contribution in [3.05, 3.63) is 16.3 Å². The Hall–Kier alpha value is -0.540. The summed E-state index contributed by atoms with van der Waals surface area (Å²) in [5, 5.41) is 1.97. The van der Waals surface area contributed by atoms with Gasteiger partial charge in [0.2, 0.25) is 0 Å². The summed E-state index contributed by atoms with van der Waals surface area (Å²) in [6.07, 6.45) is 0. The first-order valence-corrected chi connectivity index (χ1v) is 4.04. The summed E-state index contributed by atoms with van der Waals surface area (Å²) >= 11 is 1.71. The Balaban J connectivity index is 2.58. The molecule has 0 amide bonds. The molecule has 0 saturated heterocycles. The second-order valence-electron chi connectivity index (χ2n) is 2.58. The van der Waals surface area contributed by atoms with Gasteiger partial charge in [-0.1, -0.05) is 0 Å². The van der Waals surface area contributed by atoms with Crippen LogP contribution in [-0.2, 0) is 6.54 Å². The lowest BCUT2D eigenvalue weighted by Gasteiger charge is -2.05. The molecule has 0 saturated carbocycles. The molecule has 2 N–H and O–H groups in total. The highest BCUT2D eigenvalue weighted by Gasteiger charge is 1.96. The van der Waals surface area contributed by atoms with Crippen LogP contribution < -0.4 is 5.73 Å². The molecular formula is C7H12N2S. The van der Waals surface area contributed by atoms with Gasteiger partial charge in [0, 0.05) is 22.5 Å². The number of nitrogens with zero attached hydrogens (tertiary/aromatic N) is 1. The molecule has 1 rings (SSSR count). The first-order valence-electron chi connectivity index (χ1n) is 3.16. The first kappa shape index (κ1) is 7.57. The molecule has 3 heteroatoms. The van der Waals surface area contributed by atoms with E-state index in [2.05, 4.69) is 19.0 Å². The van der Waals surface area contributed by atoms with Crippen LogP contribution in [0.25, 0.3) is 0 Å². The lowest BCUT2D eigenvalue weighted by molar-refractivity contribution is 0.406. The van der Waals surface area contributed by atoms with Crippen LogP contribution in [0.4, 0.5) is 5.69 Å². The summed E-state index contributed by atoms with van der Waals surface area (Å²) in [7, 11) is 4.10. The Kier molecular flexibility index (Phi) is 2.29. The van der Waals surface area contributed by atoms with Crippen LogP contribution in [0.2, 0.25) is 0 Å². The van der Waals surface area contributed by atoms with Gasteiger partial charge in [-0.3, -0.25) is 0 Å². The summed E-state index contributed by atoms with van der Waals surface area (Å²) in [4.78, 5) is 3.45. The van der Waals surface area contributed by atoms with E-state index in [9.17, 15) is 0 Å². The second-order valence-corrected chi connectivity index (χ2v) is 3.58. The van der Waals surface area contributed by atoms with Crippen molar-refractivity contribution in [1.82, 2.24) is 4.90 Å². The summed E-state index contributed by atoms with van der Waals surface area (Å²) < 4.78 is 0. The number of hydrogen-bond acceptors (Lipinski definition) is 3. The number of nitrogen functional groups attached to an aromatic ring is 1.